The lowest BCUT2D eigenvalue weighted by Gasteiger charge is -2.02. The van der Waals surface area contributed by atoms with E-state index in [0.717, 1.165) is 11.3 Å². The molecule has 7 heteroatoms. The molecule has 120 valence electrons. The van der Waals surface area contributed by atoms with E-state index in [1.54, 1.807) is 24.3 Å². The topological polar surface area (TPSA) is 72.8 Å². The SMILES string of the molecule is C[C@@H]1CS/C(=C(/C(=O)O)C(=O)/C=C/c2ccc3c(c2)OCO3)S1. The molecule has 1 N–H and O–H groups in total. The zero-order chi connectivity index (χ0) is 16.4. The summed E-state index contributed by atoms with van der Waals surface area (Å²) in [6, 6.07) is 5.29. The zero-order valence-electron chi connectivity index (χ0n) is 12.3. The molecule has 3 rings (SSSR count). The second kappa shape index (κ2) is 6.72. The molecule has 0 aliphatic carbocycles. The Morgan fingerprint density at radius 2 is 2.09 bits per heavy atom. The first-order valence-electron chi connectivity index (χ1n) is 6.93. The normalized spacial score (nSPS) is 21.7. The lowest BCUT2D eigenvalue weighted by atomic mass is 10.1. The summed E-state index contributed by atoms with van der Waals surface area (Å²) in [5.41, 5.74) is 0.596. The van der Waals surface area contributed by atoms with Crippen LogP contribution in [0.3, 0.4) is 0 Å². The fourth-order valence-electron chi connectivity index (χ4n) is 2.14. The van der Waals surface area contributed by atoms with Crippen LogP contribution in [-0.4, -0.2) is 34.7 Å². The van der Waals surface area contributed by atoms with E-state index in [-0.39, 0.29) is 12.4 Å². The Labute approximate surface area is 141 Å². The number of carboxylic acids is 1. The van der Waals surface area contributed by atoms with E-state index in [9.17, 15) is 14.7 Å². The highest BCUT2D eigenvalue weighted by Gasteiger charge is 2.27. The summed E-state index contributed by atoms with van der Waals surface area (Å²) in [7, 11) is 0. The van der Waals surface area contributed by atoms with Crippen LogP contribution in [0.25, 0.3) is 6.08 Å². The van der Waals surface area contributed by atoms with Crippen molar-refractivity contribution in [2.75, 3.05) is 12.5 Å². The summed E-state index contributed by atoms with van der Waals surface area (Å²) in [4.78, 5) is 23.7. The third kappa shape index (κ3) is 3.56. The molecule has 2 heterocycles. The van der Waals surface area contributed by atoms with E-state index in [1.165, 1.54) is 29.6 Å². The second-order valence-corrected chi connectivity index (χ2v) is 7.75. The molecule has 0 spiro atoms. The minimum atomic E-state index is -1.19. The number of ketones is 1. The van der Waals surface area contributed by atoms with Crippen LogP contribution in [0.15, 0.2) is 34.1 Å². The van der Waals surface area contributed by atoms with Crippen LogP contribution in [0, 0.1) is 0 Å². The third-order valence-corrected chi connectivity index (χ3v) is 6.22. The van der Waals surface area contributed by atoms with Gasteiger partial charge in [0.1, 0.15) is 5.57 Å². The molecule has 0 bridgehead atoms. The summed E-state index contributed by atoms with van der Waals surface area (Å²) in [6.45, 7) is 2.19. The predicted molar refractivity (Wildman–Crippen MR) is 90.8 cm³/mol. The molecule has 5 nitrogen and oxygen atoms in total. The Bertz CT molecular complexity index is 723. The average molecular weight is 350 g/mol. The first-order chi connectivity index (χ1) is 11.0. The first-order valence-corrected chi connectivity index (χ1v) is 8.80. The van der Waals surface area contributed by atoms with Gasteiger partial charge in [0.2, 0.25) is 6.79 Å². The molecule has 23 heavy (non-hydrogen) atoms. The summed E-state index contributed by atoms with van der Waals surface area (Å²) in [5, 5.41) is 9.65. The summed E-state index contributed by atoms with van der Waals surface area (Å²) in [5.74, 6) is 0.408. The molecule has 0 amide bonds. The standard InChI is InChI=1S/C16H14O5S2/c1-9-7-22-16(23-9)14(15(18)19)11(17)4-2-10-3-5-12-13(6-10)21-8-20-12/h2-6,9H,7-8H2,1H3,(H,18,19)/b4-2+,16-14-/t9-/m1/s1. The van der Waals surface area contributed by atoms with Gasteiger partial charge in [0.25, 0.3) is 0 Å². The molecular formula is C16H14O5S2. The second-order valence-electron chi connectivity index (χ2n) is 5.02. The van der Waals surface area contributed by atoms with Crippen LogP contribution in [-0.2, 0) is 9.59 Å². The molecule has 1 aromatic rings. The smallest absolute Gasteiger partial charge is 0.341 e. The number of allylic oxidation sites excluding steroid dienone is 1. The van der Waals surface area contributed by atoms with Gasteiger partial charge < -0.3 is 14.6 Å². The van der Waals surface area contributed by atoms with E-state index in [4.69, 9.17) is 9.47 Å². The number of fused-ring (bicyclic) bond motifs is 1. The number of carbonyl (C=O) groups excluding carboxylic acids is 1. The molecule has 1 atom stereocenters. The van der Waals surface area contributed by atoms with Gasteiger partial charge >= 0.3 is 5.97 Å². The fraction of sp³-hybridized carbons (Fsp3) is 0.250. The maximum absolute atomic E-state index is 12.3. The van der Waals surface area contributed by atoms with Crippen LogP contribution >= 0.6 is 23.5 Å². The van der Waals surface area contributed by atoms with E-state index < -0.39 is 11.8 Å². The molecule has 0 saturated carbocycles. The number of carbonyl (C=O) groups is 2. The molecule has 2 aliphatic rings. The van der Waals surface area contributed by atoms with Gasteiger partial charge in [-0.05, 0) is 23.8 Å². The van der Waals surface area contributed by atoms with Gasteiger partial charge in [-0.25, -0.2) is 4.79 Å². The molecule has 2 aliphatic heterocycles. The van der Waals surface area contributed by atoms with Gasteiger partial charge in [0, 0.05) is 11.0 Å². The quantitative estimate of drug-likeness (QED) is 0.508. The van der Waals surface area contributed by atoms with Crippen molar-refractivity contribution in [3.05, 3.63) is 39.6 Å². The number of aliphatic carboxylic acids is 1. The summed E-state index contributed by atoms with van der Waals surface area (Å²) >= 11 is 2.86. The lowest BCUT2D eigenvalue weighted by molar-refractivity contribution is -0.134. The Morgan fingerprint density at radius 1 is 1.30 bits per heavy atom. The van der Waals surface area contributed by atoms with Crippen molar-refractivity contribution in [1.29, 1.82) is 0 Å². The van der Waals surface area contributed by atoms with Gasteiger partial charge in [0.05, 0.1) is 4.24 Å². The largest absolute Gasteiger partial charge is 0.477 e. The van der Waals surface area contributed by atoms with Crippen LogP contribution in [0.1, 0.15) is 12.5 Å². The van der Waals surface area contributed by atoms with E-state index in [2.05, 4.69) is 0 Å². The lowest BCUT2D eigenvalue weighted by Crippen LogP contribution is -2.11. The van der Waals surface area contributed by atoms with Crippen LogP contribution < -0.4 is 9.47 Å². The van der Waals surface area contributed by atoms with Crippen molar-refractivity contribution in [1.82, 2.24) is 0 Å². The summed E-state index contributed by atoms with van der Waals surface area (Å²) in [6.07, 6.45) is 2.87. The predicted octanol–water partition coefficient (Wildman–Crippen LogP) is 3.16. The van der Waals surface area contributed by atoms with Crippen molar-refractivity contribution in [3.63, 3.8) is 0 Å². The van der Waals surface area contributed by atoms with Crippen molar-refractivity contribution in [2.45, 2.75) is 12.2 Å². The molecule has 0 radical (unpaired) electrons. The van der Waals surface area contributed by atoms with Gasteiger partial charge in [-0.3, -0.25) is 4.79 Å². The maximum Gasteiger partial charge on any atom is 0.341 e. The number of ether oxygens (including phenoxy) is 2. The Hall–Kier alpha value is -1.86. The van der Waals surface area contributed by atoms with E-state index in [1.807, 2.05) is 6.92 Å². The third-order valence-electron chi connectivity index (χ3n) is 3.25. The number of hydrogen-bond acceptors (Lipinski definition) is 6. The average Bonchev–Trinajstić information content (AvgIpc) is 3.13. The molecule has 0 aromatic heterocycles. The molecule has 0 unspecified atom stereocenters. The molecule has 1 saturated heterocycles. The molecule has 1 fully saturated rings. The number of thioether (sulfide) groups is 2. The highest BCUT2D eigenvalue weighted by molar-refractivity contribution is 8.25. The van der Waals surface area contributed by atoms with Gasteiger partial charge in [0.15, 0.2) is 17.3 Å². The number of rotatable bonds is 4. The first kappa shape index (κ1) is 16.0. The minimum absolute atomic E-state index is 0.152. The van der Waals surface area contributed by atoms with Gasteiger partial charge in [-0.15, -0.1) is 23.5 Å². The van der Waals surface area contributed by atoms with Crippen LogP contribution in [0.5, 0.6) is 11.5 Å². The van der Waals surface area contributed by atoms with Crippen LogP contribution in [0.2, 0.25) is 0 Å². The molecule has 1 aromatic carbocycles. The van der Waals surface area contributed by atoms with E-state index >= 15 is 0 Å². The van der Waals surface area contributed by atoms with E-state index in [0.29, 0.717) is 21.0 Å². The monoisotopic (exact) mass is 350 g/mol. The minimum Gasteiger partial charge on any atom is -0.477 e. The van der Waals surface area contributed by atoms with Gasteiger partial charge in [-0.1, -0.05) is 19.1 Å². The number of hydrogen-bond donors (Lipinski definition) is 1. The van der Waals surface area contributed by atoms with Crippen LogP contribution in [0.4, 0.5) is 0 Å². The van der Waals surface area contributed by atoms with Crippen molar-refractivity contribution < 1.29 is 24.2 Å². The molecular weight excluding hydrogens is 336 g/mol. The maximum atomic E-state index is 12.3. The Morgan fingerprint density at radius 3 is 2.78 bits per heavy atom. The van der Waals surface area contributed by atoms with Crippen molar-refractivity contribution >= 4 is 41.4 Å². The highest BCUT2D eigenvalue weighted by Crippen LogP contribution is 2.43. The van der Waals surface area contributed by atoms with Crippen molar-refractivity contribution in [3.8, 4) is 11.5 Å². The van der Waals surface area contributed by atoms with Crippen molar-refractivity contribution in [2.24, 2.45) is 0 Å². The van der Waals surface area contributed by atoms with Gasteiger partial charge in [-0.2, -0.15) is 0 Å². The zero-order valence-corrected chi connectivity index (χ0v) is 13.9. The fourth-order valence-corrected chi connectivity index (χ4v) is 4.98. The highest BCUT2D eigenvalue weighted by atomic mass is 32.2. The summed E-state index contributed by atoms with van der Waals surface area (Å²) < 4.78 is 11.1. The Balaban J connectivity index is 1.80. The number of carboxylic acid groups (broad SMARTS) is 1. The number of benzene rings is 1. The Kier molecular flexibility index (Phi) is 4.68.